The van der Waals surface area contributed by atoms with Gasteiger partial charge in [0.2, 0.25) is 5.91 Å². The van der Waals surface area contributed by atoms with E-state index in [4.69, 9.17) is 28.9 Å². The van der Waals surface area contributed by atoms with Gasteiger partial charge in [0.1, 0.15) is 0 Å². The molecular formula is C14H11BrCl2N2OS. The number of anilines is 2. The molecule has 0 saturated heterocycles. The second-order valence-corrected chi connectivity index (χ2v) is 6.87. The van der Waals surface area contributed by atoms with E-state index in [1.807, 2.05) is 0 Å². The summed E-state index contributed by atoms with van der Waals surface area (Å²) in [6.07, 6.45) is 0. The zero-order valence-electron chi connectivity index (χ0n) is 10.7. The first kappa shape index (κ1) is 16.5. The van der Waals surface area contributed by atoms with Crippen molar-refractivity contribution in [2.24, 2.45) is 0 Å². The standard InChI is InChI=1S/C14H11BrCl2N2OS/c15-10-6-9(18)2-4-12(10)19-14(20)7-21-13-5-8(16)1-3-11(13)17/h1-6H,7,18H2,(H,19,20). The number of nitrogens with two attached hydrogens (primary N) is 1. The highest BCUT2D eigenvalue weighted by molar-refractivity contribution is 9.10. The van der Waals surface area contributed by atoms with Crippen LogP contribution in [0.25, 0.3) is 0 Å². The topological polar surface area (TPSA) is 55.1 Å². The number of nitrogen functional groups attached to an aromatic ring is 1. The number of hydrogen-bond donors (Lipinski definition) is 2. The second-order valence-electron chi connectivity index (χ2n) is 4.15. The molecule has 0 bridgehead atoms. The molecule has 0 radical (unpaired) electrons. The summed E-state index contributed by atoms with van der Waals surface area (Å²) in [5.74, 6) is 0.0955. The van der Waals surface area contributed by atoms with Gasteiger partial charge in [-0.05, 0) is 52.3 Å². The molecule has 0 aliphatic rings. The van der Waals surface area contributed by atoms with Gasteiger partial charge in [0.05, 0.1) is 16.5 Å². The first-order valence-corrected chi connectivity index (χ1v) is 8.42. The molecule has 1 amide bonds. The van der Waals surface area contributed by atoms with Crippen molar-refractivity contribution >= 4 is 68.2 Å². The van der Waals surface area contributed by atoms with Crippen LogP contribution >= 0.6 is 50.9 Å². The fraction of sp³-hybridized carbons (Fsp3) is 0.0714. The number of carbonyl (C=O) groups is 1. The normalized spacial score (nSPS) is 10.4. The summed E-state index contributed by atoms with van der Waals surface area (Å²) in [4.78, 5) is 12.7. The molecule has 0 atom stereocenters. The Bertz CT molecular complexity index is 682. The molecular weight excluding hydrogens is 395 g/mol. The number of hydrogen-bond acceptors (Lipinski definition) is 3. The second kappa shape index (κ2) is 7.40. The van der Waals surface area contributed by atoms with E-state index in [9.17, 15) is 4.79 Å². The van der Waals surface area contributed by atoms with Gasteiger partial charge in [-0.25, -0.2) is 0 Å². The van der Waals surface area contributed by atoms with Crippen LogP contribution in [0, 0.1) is 0 Å². The fourth-order valence-electron chi connectivity index (χ4n) is 1.55. The minimum atomic E-state index is -0.137. The van der Waals surface area contributed by atoms with Crippen molar-refractivity contribution in [1.82, 2.24) is 0 Å². The van der Waals surface area contributed by atoms with Crippen LogP contribution in [0.2, 0.25) is 10.0 Å². The lowest BCUT2D eigenvalue weighted by Crippen LogP contribution is -2.14. The average Bonchev–Trinajstić information content (AvgIpc) is 2.43. The largest absolute Gasteiger partial charge is 0.399 e. The maximum atomic E-state index is 12.0. The SMILES string of the molecule is Nc1ccc(NC(=O)CSc2cc(Cl)ccc2Cl)c(Br)c1. The van der Waals surface area contributed by atoms with Gasteiger partial charge in [-0.3, -0.25) is 4.79 Å². The summed E-state index contributed by atoms with van der Waals surface area (Å²) in [7, 11) is 0. The predicted octanol–water partition coefficient (Wildman–Crippen LogP) is 5.07. The highest BCUT2D eigenvalue weighted by Crippen LogP contribution is 2.30. The summed E-state index contributed by atoms with van der Waals surface area (Å²) in [6.45, 7) is 0. The highest BCUT2D eigenvalue weighted by atomic mass is 79.9. The van der Waals surface area contributed by atoms with E-state index < -0.39 is 0 Å². The highest BCUT2D eigenvalue weighted by Gasteiger charge is 2.09. The maximum Gasteiger partial charge on any atom is 0.234 e. The number of nitrogens with one attached hydrogen (secondary N) is 1. The molecule has 0 aromatic heterocycles. The first-order valence-electron chi connectivity index (χ1n) is 5.88. The number of halogens is 3. The zero-order valence-corrected chi connectivity index (χ0v) is 14.6. The molecule has 21 heavy (non-hydrogen) atoms. The van der Waals surface area contributed by atoms with Crippen LogP contribution in [0.5, 0.6) is 0 Å². The molecule has 110 valence electrons. The number of amides is 1. The molecule has 7 heteroatoms. The minimum absolute atomic E-state index is 0.137. The third kappa shape index (κ3) is 4.81. The number of carbonyl (C=O) groups excluding carboxylic acids is 1. The summed E-state index contributed by atoms with van der Waals surface area (Å²) in [5.41, 5.74) is 6.95. The maximum absolute atomic E-state index is 12.0. The molecule has 0 aliphatic carbocycles. The molecule has 3 N–H and O–H groups in total. The van der Waals surface area contributed by atoms with Crippen LogP contribution in [-0.4, -0.2) is 11.7 Å². The molecule has 2 aromatic rings. The van der Waals surface area contributed by atoms with E-state index >= 15 is 0 Å². The lowest BCUT2D eigenvalue weighted by molar-refractivity contribution is -0.113. The number of benzene rings is 2. The van der Waals surface area contributed by atoms with E-state index in [0.717, 1.165) is 9.37 Å². The Kier molecular flexibility index (Phi) is 5.81. The molecule has 3 nitrogen and oxygen atoms in total. The van der Waals surface area contributed by atoms with Crippen molar-refractivity contribution in [2.75, 3.05) is 16.8 Å². The van der Waals surface area contributed by atoms with Crippen molar-refractivity contribution in [3.8, 4) is 0 Å². The summed E-state index contributed by atoms with van der Waals surface area (Å²) < 4.78 is 0.738. The Balaban J connectivity index is 1.97. The Hall–Kier alpha value is -0.880. The van der Waals surface area contributed by atoms with Crippen molar-refractivity contribution in [3.05, 3.63) is 50.9 Å². The quantitative estimate of drug-likeness (QED) is 0.551. The van der Waals surface area contributed by atoms with Crippen LogP contribution in [0.3, 0.4) is 0 Å². The molecule has 2 aromatic carbocycles. The van der Waals surface area contributed by atoms with Crippen LogP contribution in [0.4, 0.5) is 11.4 Å². The number of rotatable bonds is 4. The van der Waals surface area contributed by atoms with Crippen molar-refractivity contribution in [2.45, 2.75) is 4.90 Å². The Morgan fingerprint density at radius 2 is 2.00 bits per heavy atom. The fourth-order valence-corrected chi connectivity index (χ4v) is 3.34. The van der Waals surface area contributed by atoms with Crippen LogP contribution in [0.1, 0.15) is 0 Å². The Labute approximate surface area is 145 Å². The molecule has 0 heterocycles. The van der Waals surface area contributed by atoms with Crippen molar-refractivity contribution in [3.63, 3.8) is 0 Å². The summed E-state index contributed by atoms with van der Waals surface area (Å²) in [6, 6.07) is 10.4. The van der Waals surface area contributed by atoms with Crippen molar-refractivity contribution in [1.29, 1.82) is 0 Å². The molecule has 0 spiro atoms. The average molecular weight is 406 g/mol. The van der Waals surface area contributed by atoms with Crippen LogP contribution in [-0.2, 0) is 4.79 Å². The van der Waals surface area contributed by atoms with Gasteiger partial charge in [0.15, 0.2) is 0 Å². The third-order valence-corrected chi connectivity index (χ3v) is 4.91. The van der Waals surface area contributed by atoms with E-state index in [0.29, 0.717) is 21.4 Å². The zero-order chi connectivity index (χ0) is 15.4. The molecule has 0 saturated carbocycles. The van der Waals surface area contributed by atoms with E-state index in [1.165, 1.54) is 11.8 Å². The van der Waals surface area contributed by atoms with Crippen molar-refractivity contribution < 1.29 is 4.79 Å². The van der Waals surface area contributed by atoms with Crippen LogP contribution in [0.15, 0.2) is 45.8 Å². The smallest absolute Gasteiger partial charge is 0.234 e. The van der Waals surface area contributed by atoms with Crippen LogP contribution < -0.4 is 11.1 Å². The van der Waals surface area contributed by atoms with Gasteiger partial charge in [0.25, 0.3) is 0 Å². The minimum Gasteiger partial charge on any atom is -0.399 e. The lowest BCUT2D eigenvalue weighted by atomic mass is 10.3. The van der Waals surface area contributed by atoms with Gasteiger partial charge in [0, 0.05) is 20.1 Å². The van der Waals surface area contributed by atoms with Gasteiger partial charge in [-0.2, -0.15) is 0 Å². The van der Waals surface area contributed by atoms with E-state index in [2.05, 4.69) is 21.2 Å². The van der Waals surface area contributed by atoms with Gasteiger partial charge < -0.3 is 11.1 Å². The molecule has 0 aliphatic heterocycles. The lowest BCUT2D eigenvalue weighted by Gasteiger charge is -2.08. The number of thioether (sulfide) groups is 1. The Morgan fingerprint density at radius 1 is 1.24 bits per heavy atom. The molecule has 0 unspecified atom stereocenters. The summed E-state index contributed by atoms with van der Waals surface area (Å²) in [5, 5.41) is 3.97. The molecule has 2 rings (SSSR count). The third-order valence-electron chi connectivity index (χ3n) is 2.52. The Morgan fingerprint density at radius 3 is 2.71 bits per heavy atom. The predicted molar refractivity (Wildman–Crippen MR) is 94.4 cm³/mol. The monoisotopic (exact) mass is 404 g/mol. The van der Waals surface area contributed by atoms with Gasteiger partial charge in [-0.15, -0.1) is 11.8 Å². The van der Waals surface area contributed by atoms with Gasteiger partial charge in [-0.1, -0.05) is 23.2 Å². The van der Waals surface area contributed by atoms with E-state index in [1.54, 1.807) is 36.4 Å². The summed E-state index contributed by atoms with van der Waals surface area (Å²) >= 11 is 16.6. The van der Waals surface area contributed by atoms with E-state index in [-0.39, 0.29) is 11.7 Å². The van der Waals surface area contributed by atoms with Gasteiger partial charge >= 0.3 is 0 Å². The molecule has 0 fully saturated rings. The first-order chi connectivity index (χ1) is 9.95.